The number of nitrogens with zero attached hydrogens (tertiary/aromatic N) is 1. The number of aliphatic hydroxyl groups excluding tert-OH is 1. The van der Waals surface area contributed by atoms with E-state index in [1.165, 1.54) is 49.6 Å². The molecule has 4 rings (SSSR count). The molecule has 3 aromatic rings. The summed E-state index contributed by atoms with van der Waals surface area (Å²) in [5.41, 5.74) is 0.139. The number of Topliss-reactive ketones (excluding diaryl/α,β-unsaturated/α-hetero) is 1. The maximum Gasteiger partial charge on any atom is 0.300 e. The molecule has 1 heterocycles. The van der Waals surface area contributed by atoms with Crippen molar-refractivity contribution in [2.45, 2.75) is 19.9 Å². The molecular formula is C28H25ClFNO6. The molecule has 1 atom stereocenters. The summed E-state index contributed by atoms with van der Waals surface area (Å²) in [4.78, 5) is 27.9. The van der Waals surface area contributed by atoms with E-state index in [0.717, 1.165) is 4.90 Å². The fourth-order valence-electron chi connectivity index (χ4n) is 4.27. The Morgan fingerprint density at radius 3 is 2.38 bits per heavy atom. The Balaban J connectivity index is 1.96. The van der Waals surface area contributed by atoms with Crippen molar-refractivity contribution in [2.75, 3.05) is 25.2 Å². The van der Waals surface area contributed by atoms with Crippen LogP contribution in [-0.4, -0.2) is 37.1 Å². The molecule has 1 N–H and O–H groups in total. The number of hydrogen-bond donors (Lipinski definition) is 1. The molecule has 37 heavy (non-hydrogen) atoms. The number of methoxy groups -OCH3 is 1. The van der Waals surface area contributed by atoms with Crippen molar-refractivity contribution in [1.29, 1.82) is 0 Å². The molecule has 1 amide bonds. The highest BCUT2D eigenvalue weighted by atomic mass is 35.5. The summed E-state index contributed by atoms with van der Waals surface area (Å²) in [7, 11) is 1.44. The number of benzene rings is 3. The molecular weight excluding hydrogens is 501 g/mol. The molecule has 7 nitrogen and oxygen atoms in total. The summed E-state index contributed by atoms with van der Waals surface area (Å²) in [5, 5.41) is 11.6. The molecule has 192 valence electrons. The van der Waals surface area contributed by atoms with Crippen LogP contribution in [0.5, 0.6) is 17.2 Å². The highest BCUT2D eigenvalue weighted by Gasteiger charge is 2.48. The lowest BCUT2D eigenvalue weighted by Crippen LogP contribution is -2.29. The van der Waals surface area contributed by atoms with Crippen molar-refractivity contribution in [3.63, 3.8) is 0 Å². The standard InChI is InChI=1S/C28H25ClFNO6/c1-4-36-17-11-12-19(23(15-17)37-5-2)26(32)24-25(18-8-6-7-9-21(18)30)31(28(34)27(24)33)16-10-13-22(35-3)20(29)14-16/h6-15,25,32H,4-5H2,1-3H3/b26-24+. The van der Waals surface area contributed by atoms with Crippen molar-refractivity contribution in [3.8, 4) is 17.2 Å². The average Bonchev–Trinajstić information content (AvgIpc) is 3.14. The van der Waals surface area contributed by atoms with Gasteiger partial charge in [0.1, 0.15) is 28.8 Å². The lowest BCUT2D eigenvalue weighted by molar-refractivity contribution is -0.132. The van der Waals surface area contributed by atoms with Gasteiger partial charge in [-0.2, -0.15) is 0 Å². The number of ketones is 1. The number of rotatable bonds is 8. The number of anilines is 1. The van der Waals surface area contributed by atoms with Gasteiger partial charge in [-0.25, -0.2) is 4.39 Å². The summed E-state index contributed by atoms with van der Waals surface area (Å²) < 4.78 is 31.5. The Kier molecular flexibility index (Phi) is 7.69. The minimum atomic E-state index is -1.27. The van der Waals surface area contributed by atoms with Crippen LogP contribution in [0, 0.1) is 5.82 Å². The number of aliphatic hydroxyl groups is 1. The average molecular weight is 526 g/mol. The second-order valence-corrected chi connectivity index (χ2v) is 8.44. The monoisotopic (exact) mass is 525 g/mol. The predicted octanol–water partition coefficient (Wildman–Crippen LogP) is 5.91. The number of halogens is 2. The summed E-state index contributed by atoms with van der Waals surface area (Å²) in [5.74, 6) is -1.96. The van der Waals surface area contributed by atoms with Crippen LogP contribution < -0.4 is 19.1 Å². The zero-order valence-electron chi connectivity index (χ0n) is 20.5. The third-order valence-electron chi connectivity index (χ3n) is 5.88. The maximum absolute atomic E-state index is 15.1. The van der Waals surface area contributed by atoms with E-state index in [4.69, 9.17) is 25.8 Å². The molecule has 1 fully saturated rings. The van der Waals surface area contributed by atoms with Gasteiger partial charge in [-0.1, -0.05) is 29.8 Å². The molecule has 1 aliphatic rings. The third kappa shape index (κ3) is 4.84. The molecule has 0 radical (unpaired) electrons. The smallest absolute Gasteiger partial charge is 0.300 e. The minimum Gasteiger partial charge on any atom is -0.507 e. The molecule has 0 aromatic heterocycles. The van der Waals surface area contributed by atoms with E-state index >= 15 is 4.39 Å². The van der Waals surface area contributed by atoms with E-state index in [2.05, 4.69) is 0 Å². The first kappa shape index (κ1) is 26.0. The number of ether oxygens (including phenoxy) is 3. The third-order valence-corrected chi connectivity index (χ3v) is 6.17. The van der Waals surface area contributed by atoms with Crippen LogP contribution in [0.2, 0.25) is 5.02 Å². The maximum atomic E-state index is 15.1. The number of hydrogen-bond acceptors (Lipinski definition) is 6. The zero-order chi connectivity index (χ0) is 26.7. The highest BCUT2D eigenvalue weighted by Crippen LogP contribution is 2.45. The van der Waals surface area contributed by atoms with Gasteiger partial charge in [0.25, 0.3) is 11.7 Å². The molecule has 1 unspecified atom stereocenters. The number of carbonyl (C=O) groups excluding carboxylic acids is 2. The van der Waals surface area contributed by atoms with Gasteiger partial charge in [-0.15, -0.1) is 0 Å². The highest BCUT2D eigenvalue weighted by molar-refractivity contribution is 6.52. The second-order valence-electron chi connectivity index (χ2n) is 8.03. The molecule has 0 aliphatic carbocycles. The summed E-state index contributed by atoms with van der Waals surface area (Å²) in [6, 6.07) is 13.7. The summed E-state index contributed by atoms with van der Waals surface area (Å²) >= 11 is 6.30. The van der Waals surface area contributed by atoms with E-state index in [-0.39, 0.29) is 39.8 Å². The van der Waals surface area contributed by atoms with E-state index in [1.54, 1.807) is 25.1 Å². The Bertz CT molecular complexity index is 1390. The van der Waals surface area contributed by atoms with Gasteiger partial charge in [0.05, 0.1) is 42.5 Å². The van der Waals surface area contributed by atoms with Crippen molar-refractivity contribution < 1.29 is 33.3 Å². The largest absolute Gasteiger partial charge is 0.507 e. The topological polar surface area (TPSA) is 85.3 Å². The molecule has 0 bridgehead atoms. The van der Waals surface area contributed by atoms with Gasteiger partial charge in [0, 0.05) is 17.3 Å². The van der Waals surface area contributed by atoms with Gasteiger partial charge in [0.15, 0.2) is 0 Å². The van der Waals surface area contributed by atoms with E-state index in [0.29, 0.717) is 18.1 Å². The molecule has 0 spiro atoms. The van der Waals surface area contributed by atoms with E-state index in [9.17, 15) is 14.7 Å². The van der Waals surface area contributed by atoms with Gasteiger partial charge in [0.2, 0.25) is 0 Å². The van der Waals surface area contributed by atoms with Gasteiger partial charge < -0.3 is 19.3 Å². The Morgan fingerprint density at radius 1 is 1.00 bits per heavy atom. The fraction of sp³-hybridized carbons (Fsp3) is 0.214. The Morgan fingerprint density at radius 2 is 1.73 bits per heavy atom. The fourth-order valence-corrected chi connectivity index (χ4v) is 4.52. The van der Waals surface area contributed by atoms with Crippen molar-refractivity contribution in [3.05, 3.63) is 88.2 Å². The van der Waals surface area contributed by atoms with Crippen molar-refractivity contribution in [2.24, 2.45) is 0 Å². The van der Waals surface area contributed by atoms with Gasteiger partial charge in [-0.3, -0.25) is 14.5 Å². The molecule has 3 aromatic carbocycles. The van der Waals surface area contributed by atoms with Gasteiger partial charge in [-0.05, 0) is 50.2 Å². The second kappa shape index (κ2) is 10.9. The van der Waals surface area contributed by atoms with Crippen molar-refractivity contribution in [1.82, 2.24) is 0 Å². The van der Waals surface area contributed by atoms with E-state index < -0.39 is 29.3 Å². The first-order valence-corrected chi connectivity index (χ1v) is 12.0. The normalized spacial score (nSPS) is 16.7. The zero-order valence-corrected chi connectivity index (χ0v) is 21.2. The van der Waals surface area contributed by atoms with Crippen molar-refractivity contribution >= 4 is 34.7 Å². The molecule has 0 saturated carbocycles. The lowest BCUT2D eigenvalue weighted by atomic mass is 9.94. The quantitative estimate of drug-likeness (QED) is 0.223. The molecule has 9 heteroatoms. The van der Waals surface area contributed by atoms with Crippen LogP contribution in [0.4, 0.5) is 10.1 Å². The van der Waals surface area contributed by atoms with Crippen LogP contribution in [0.25, 0.3) is 5.76 Å². The van der Waals surface area contributed by atoms with Crippen LogP contribution in [0.1, 0.15) is 31.0 Å². The molecule has 1 aliphatic heterocycles. The molecule has 1 saturated heterocycles. The number of amides is 1. The van der Waals surface area contributed by atoms with Crippen LogP contribution in [0.15, 0.2) is 66.2 Å². The van der Waals surface area contributed by atoms with Crippen LogP contribution in [0.3, 0.4) is 0 Å². The van der Waals surface area contributed by atoms with E-state index in [1.807, 2.05) is 6.92 Å². The van der Waals surface area contributed by atoms with Gasteiger partial charge >= 0.3 is 0 Å². The van der Waals surface area contributed by atoms with Crippen LogP contribution >= 0.6 is 11.6 Å². The minimum absolute atomic E-state index is 0.0269. The number of carbonyl (C=O) groups is 2. The summed E-state index contributed by atoms with van der Waals surface area (Å²) in [6.07, 6.45) is 0. The first-order chi connectivity index (χ1) is 17.8. The summed E-state index contributed by atoms with van der Waals surface area (Å²) in [6.45, 7) is 4.28. The SMILES string of the molecule is CCOc1ccc(/C(O)=C2\C(=O)C(=O)N(c3ccc(OC)c(Cl)c3)C2c2ccccc2F)c(OCC)c1. The van der Waals surface area contributed by atoms with Crippen LogP contribution in [-0.2, 0) is 9.59 Å². The Hall–Kier alpha value is -4.04. The Labute approximate surface area is 218 Å². The predicted molar refractivity (Wildman–Crippen MR) is 138 cm³/mol. The lowest BCUT2D eigenvalue weighted by Gasteiger charge is -2.26. The first-order valence-electron chi connectivity index (χ1n) is 11.6.